The van der Waals surface area contributed by atoms with Gasteiger partial charge in [0.25, 0.3) is 0 Å². The average molecular weight is 329 g/mol. The van der Waals surface area contributed by atoms with E-state index in [1.807, 2.05) is 36.4 Å². The zero-order chi connectivity index (χ0) is 15.9. The lowest BCUT2D eigenvalue weighted by Gasteiger charge is -2.06. The van der Waals surface area contributed by atoms with Gasteiger partial charge in [-0.2, -0.15) is 4.68 Å². The van der Waals surface area contributed by atoms with Crippen molar-refractivity contribution in [2.24, 2.45) is 0 Å². The molecule has 0 fully saturated rings. The maximum atomic E-state index is 13.5. The van der Waals surface area contributed by atoms with E-state index in [0.717, 1.165) is 23.1 Å². The predicted octanol–water partition coefficient (Wildman–Crippen LogP) is 2.68. The molecule has 23 heavy (non-hydrogen) atoms. The fourth-order valence-electron chi connectivity index (χ4n) is 2.08. The minimum Gasteiger partial charge on any atom is -0.312 e. The quantitative estimate of drug-likeness (QED) is 0.533. The fraction of sp³-hybridized carbons (Fsp3) is 0.188. The first-order valence-corrected chi connectivity index (χ1v) is 8.24. The molecule has 1 aromatic heterocycles. The predicted molar refractivity (Wildman–Crippen MR) is 88.0 cm³/mol. The summed E-state index contributed by atoms with van der Waals surface area (Å²) in [4.78, 5) is 0. The molecule has 3 aromatic rings. The van der Waals surface area contributed by atoms with Crippen LogP contribution < -0.4 is 5.32 Å². The van der Waals surface area contributed by atoms with E-state index < -0.39 is 0 Å². The normalized spacial score (nSPS) is 10.8. The van der Waals surface area contributed by atoms with E-state index in [1.54, 1.807) is 28.6 Å². The van der Waals surface area contributed by atoms with Gasteiger partial charge >= 0.3 is 0 Å². The number of nitrogens with one attached hydrogen (secondary N) is 1. The molecule has 2 aromatic carbocycles. The van der Waals surface area contributed by atoms with Crippen molar-refractivity contribution in [2.75, 3.05) is 12.3 Å². The van der Waals surface area contributed by atoms with Crippen molar-refractivity contribution in [1.29, 1.82) is 0 Å². The molecule has 5 nitrogen and oxygen atoms in total. The van der Waals surface area contributed by atoms with Gasteiger partial charge in [-0.05, 0) is 28.6 Å². The Labute approximate surface area is 137 Å². The van der Waals surface area contributed by atoms with Crippen molar-refractivity contribution in [3.8, 4) is 5.69 Å². The molecular weight excluding hydrogens is 313 g/mol. The third-order valence-electron chi connectivity index (χ3n) is 3.22. The number of hydrogen-bond acceptors (Lipinski definition) is 5. The smallest absolute Gasteiger partial charge is 0.214 e. The van der Waals surface area contributed by atoms with Crippen LogP contribution in [0.4, 0.5) is 4.39 Å². The van der Waals surface area contributed by atoms with Crippen LogP contribution in [0.2, 0.25) is 0 Å². The van der Waals surface area contributed by atoms with E-state index in [1.165, 1.54) is 6.07 Å². The number of aromatic nitrogens is 4. The van der Waals surface area contributed by atoms with Gasteiger partial charge in [-0.25, -0.2) is 4.39 Å². The third kappa shape index (κ3) is 4.14. The summed E-state index contributed by atoms with van der Waals surface area (Å²) in [5.41, 5.74) is 1.60. The number of para-hydroxylation sites is 1. The highest BCUT2D eigenvalue weighted by Gasteiger charge is 2.08. The highest BCUT2D eigenvalue weighted by Crippen LogP contribution is 2.17. The number of halogens is 1. The van der Waals surface area contributed by atoms with Crippen LogP contribution in [-0.4, -0.2) is 32.5 Å². The van der Waals surface area contributed by atoms with E-state index in [4.69, 9.17) is 0 Å². The standard InChI is InChI=1S/C16H16FN5S/c17-15-9-5-4-6-13(15)12-18-10-11-23-16-19-20-21-22(16)14-7-2-1-3-8-14/h1-9,18H,10-12H2. The van der Waals surface area contributed by atoms with Crippen molar-refractivity contribution < 1.29 is 4.39 Å². The summed E-state index contributed by atoms with van der Waals surface area (Å²) >= 11 is 1.56. The number of rotatable bonds is 7. The van der Waals surface area contributed by atoms with Gasteiger partial charge in [0.2, 0.25) is 5.16 Å². The summed E-state index contributed by atoms with van der Waals surface area (Å²) in [6.07, 6.45) is 0. The van der Waals surface area contributed by atoms with Crippen LogP contribution in [-0.2, 0) is 6.54 Å². The molecule has 1 heterocycles. The van der Waals surface area contributed by atoms with Crippen LogP contribution in [0.25, 0.3) is 5.69 Å². The zero-order valence-electron chi connectivity index (χ0n) is 12.4. The molecule has 7 heteroatoms. The second-order valence-electron chi connectivity index (χ2n) is 4.83. The Balaban J connectivity index is 1.49. The molecule has 0 spiro atoms. The Bertz CT molecular complexity index is 747. The van der Waals surface area contributed by atoms with Crippen LogP contribution in [0.5, 0.6) is 0 Å². The molecule has 3 rings (SSSR count). The molecule has 118 valence electrons. The van der Waals surface area contributed by atoms with Gasteiger partial charge in [0.1, 0.15) is 5.82 Å². The average Bonchev–Trinajstić information content (AvgIpc) is 3.05. The Morgan fingerprint density at radius 1 is 1.04 bits per heavy atom. The summed E-state index contributed by atoms with van der Waals surface area (Å²) in [6.45, 7) is 1.25. The molecule has 0 amide bonds. The second-order valence-corrected chi connectivity index (χ2v) is 5.89. The number of tetrazole rings is 1. The zero-order valence-corrected chi connectivity index (χ0v) is 13.2. The van der Waals surface area contributed by atoms with Gasteiger partial charge < -0.3 is 5.32 Å². The fourth-order valence-corrected chi connectivity index (χ4v) is 2.87. The molecule has 0 aliphatic carbocycles. The summed E-state index contributed by atoms with van der Waals surface area (Å²) in [5.74, 6) is 0.613. The van der Waals surface area contributed by atoms with Gasteiger partial charge in [0.15, 0.2) is 0 Å². The molecule has 0 bridgehead atoms. The van der Waals surface area contributed by atoms with Crippen LogP contribution in [0, 0.1) is 5.82 Å². The maximum Gasteiger partial charge on any atom is 0.214 e. The van der Waals surface area contributed by atoms with Crippen molar-refractivity contribution in [3.63, 3.8) is 0 Å². The summed E-state index contributed by atoms with van der Waals surface area (Å²) in [6, 6.07) is 16.5. The van der Waals surface area contributed by atoms with Crippen molar-refractivity contribution >= 4 is 11.8 Å². The molecular formula is C16H16FN5S. The molecule has 0 aliphatic heterocycles. The van der Waals surface area contributed by atoms with Gasteiger partial charge in [0, 0.05) is 24.4 Å². The van der Waals surface area contributed by atoms with Gasteiger partial charge in [0.05, 0.1) is 5.69 Å². The Morgan fingerprint density at radius 2 is 1.83 bits per heavy atom. The summed E-state index contributed by atoms with van der Waals surface area (Å²) in [5, 5.41) is 15.7. The first-order chi connectivity index (χ1) is 11.3. The van der Waals surface area contributed by atoms with Crippen molar-refractivity contribution in [1.82, 2.24) is 25.5 Å². The SMILES string of the molecule is Fc1ccccc1CNCCSc1nnnn1-c1ccccc1. The highest BCUT2D eigenvalue weighted by atomic mass is 32.2. The lowest BCUT2D eigenvalue weighted by Crippen LogP contribution is -2.17. The Hall–Kier alpha value is -2.25. The van der Waals surface area contributed by atoms with E-state index in [9.17, 15) is 4.39 Å². The van der Waals surface area contributed by atoms with Crippen LogP contribution in [0.15, 0.2) is 59.8 Å². The molecule has 0 radical (unpaired) electrons. The van der Waals surface area contributed by atoms with Gasteiger partial charge in [-0.1, -0.05) is 48.2 Å². The van der Waals surface area contributed by atoms with E-state index in [0.29, 0.717) is 12.1 Å². The molecule has 0 saturated carbocycles. The Morgan fingerprint density at radius 3 is 2.65 bits per heavy atom. The summed E-state index contributed by atoms with van der Waals surface area (Å²) in [7, 11) is 0. The first-order valence-electron chi connectivity index (χ1n) is 7.25. The maximum absolute atomic E-state index is 13.5. The van der Waals surface area contributed by atoms with E-state index in [-0.39, 0.29) is 5.82 Å². The Kier molecular flexibility index (Phi) is 5.33. The second kappa shape index (κ2) is 7.85. The molecule has 1 N–H and O–H groups in total. The molecule has 0 unspecified atom stereocenters. The minimum atomic E-state index is -0.180. The molecule has 0 aliphatic rings. The van der Waals surface area contributed by atoms with Gasteiger partial charge in [-0.3, -0.25) is 0 Å². The minimum absolute atomic E-state index is 0.180. The van der Waals surface area contributed by atoms with Crippen molar-refractivity contribution in [2.45, 2.75) is 11.7 Å². The number of nitrogens with zero attached hydrogens (tertiary/aromatic N) is 4. The monoisotopic (exact) mass is 329 g/mol. The topological polar surface area (TPSA) is 55.6 Å². The highest BCUT2D eigenvalue weighted by molar-refractivity contribution is 7.99. The first kappa shape index (κ1) is 15.6. The van der Waals surface area contributed by atoms with Gasteiger partial charge in [-0.15, -0.1) is 5.10 Å². The number of thioether (sulfide) groups is 1. The third-order valence-corrected chi connectivity index (χ3v) is 4.15. The lowest BCUT2D eigenvalue weighted by atomic mass is 10.2. The number of hydrogen-bond donors (Lipinski definition) is 1. The molecule has 0 atom stereocenters. The van der Waals surface area contributed by atoms with Crippen molar-refractivity contribution in [3.05, 3.63) is 66.0 Å². The van der Waals surface area contributed by atoms with E-state index >= 15 is 0 Å². The number of benzene rings is 2. The van der Waals surface area contributed by atoms with E-state index in [2.05, 4.69) is 20.8 Å². The lowest BCUT2D eigenvalue weighted by molar-refractivity contribution is 0.594. The van der Waals surface area contributed by atoms with Crippen LogP contribution >= 0.6 is 11.8 Å². The van der Waals surface area contributed by atoms with Crippen LogP contribution in [0.3, 0.4) is 0 Å². The molecule has 0 saturated heterocycles. The van der Waals surface area contributed by atoms with Crippen LogP contribution in [0.1, 0.15) is 5.56 Å². The largest absolute Gasteiger partial charge is 0.312 e. The summed E-state index contributed by atoms with van der Waals surface area (Å²) < 4.78 is 15.2.